The molecule has 0 atom stereocenters. The molecule has 0 aromatic heterocycles. The number of benzene rings is 2. The lowest BCUT2D eigenvalue weighted by atomic mass is 9.96. The van der Waals surface area contributed by atoms with E-state index in [0.29, 0.717) is 28.7 Å². The maximum absolute atomic E-state index is 12.5. The Morgan fingerprint density at radius 3 is 2.72 bits per heavy atom. The first-order chi connectivity index (χ1) is 14.1. The van der Waals surface area contributed by atoms with Gasteiger partial charge in [-0.25, -0.2) is 4.79 Å². The quantitative estimate of drug-likeness (QED) is 0.761. The van der Waals surface area contributed by atoms with Crippen molar-refractivity contribution in [2.24, 2.45) is 0 Å². The van der Waals surface area contributed by atoms with Crippen LogP contribution in [0.1, 0.15) is 37.7 Å². The lowest BCUT2D eigenvalue weighted by Gasteiger charge is -2.30. The molecule has 3 amide bonds. The molecule has 2 aliphatic rings. The normalized spacial score (nSPS) is 16.7. The molecule has 0 unspecified atom stereocenters. The number of carbonyl (C=O) groups is 2. The molecule has 0 saturated heterocycles. The summed E-state index contributed by atoms with van der Waals surface area (Å²) in [6, 6.07) is 12.8. The van der Waals surface area contributed by atoms with E-state index in [-0.39, 0.29) is 24.6 Å². The van der Waals surface area contributed by atoms with Crippen molar-refractivity contribution in [1.29, 1.82) is 0 Å². The summed E-state index contributed by atoms with van der Waals surface area (Å²) < 4.78 is 5.56. The molecule has 4 rings (SSSR count). The summed E-state index contributed by atoms with van der Waals surface area (Å²) in [6.45, 7) is 0.318. The number of nitrogens with zero attached hydrogens (tertiary/aromatic N) is 1. The number of ether oxygens (including phenoxy) is 1. The van der Waals surface area contributed by atoms with Crippen molar-refractivity contribution >= 4 is 34.9 Å². The summed E-state index contributed by atoms with van der Waals surface area (Å²) in [6.07, 6.45) is 5.58. The summed E-state index contributed by atoms with van der Waals surface area (Å²) >= 11 is 6.28. The molecule has 2 aromatic rings. The average Bonchev–Trinajstić information content (AvgIpc) is 2.72. The largest absolute Gasteiger partial charge is 0.482 e. The van der Waals surface area contributed by atoms with Gasteiger partial charge < -0.3 is 20.3 Å². The van der Waals surface area contributed by atoms with Crippen LogP contribution in [0.5, 0.6) is 5.75 Å². The van der Waals surface area contributed by atoms with E-state index in [4.69, 9.17) is 16.3 Å². The third-order valence-corrected chi connectivity index (χ3v) is 5.76. The standard InChI is InChI=1S/C22H24ClN3O3/c23-18-9-5-4-6-15(18)13-26-19-12-17(10-11-20(19)29-14-21(26)27)25-22(28)24-16-7-2-1-3-8-16/h4-6,9-12,16H,1-3,7-8,13-14H2,(H2,24,25,28). The zero-order valence-electron chi connectivity index (χ0n) is 16.1. The molecule has 6 nitrogen and oxygen atoms in total. The topological polar surface area (TPSA) is 70.7 Å². The van der Waals surface area contributed by atoms with Crippen molar-refractivity contribution in [3.8, 4) is 5.75 Å². The fourth-order valence-electron chi connectivity index (χ4n) is 3.85. The number of hydrogen-bond donors (Lipinski definition) is 2. The number of fused-ring (bicyclic) bond motifs is 1. The monoisotopic (exact) mass is 413 g/mol. The number of rotatable bonds is 4. The van der Waals surface area contributed by atoms with E-state index < -0.39 is 0 Å². The van der Waals surface area contributed by atoms with E-state index in [9.17, 15) is 9.59 Å². The van der Waals surface area contributed by atoms with E-state index in [1.54, 1.807) is 29.2 Å². The molecular weight excluding hydrogens is 390 g/mol. The van der Waals surface area contributed by atoms with Gasteiger partial charge in [-0.15, -0.1) is 0 Å². The first-order valence-electron chi connectivity index (χ1n) is 9.98. The molecule has 0 bridgehead atoms. The van der Waals surface area contributed by atoms with Crippen LogP contribution in [0.2, 0.25) is 5.02 Å². The minimum atomic E-state index is -0.224. The van der Waals surface area contributed by atoms with Gasteiger partial charge in [0.15, 0.2) is 6.61 Å². The van der Waals surface area contributed by atoms with Crippen LogP contribution in [-0.2, 0) is 11.3 Å². The van der Waals surface area contributed by atoms with Crippen LogP contribution in [0, 0.1) is 0 Å². The minimum absolute atomic E-state index is 0.0214. The molecule has 2 aromatic carbocycles. The Kier molecular flexibility index (Phi) is 5.90. The highest BCUT2D eigenvalue weighted by molar-refractivity contribution is 6.31. The molecule has 1 fully saturated rings. The molecule has 2 N–H and O–H groups in total. The molecule has 1 heterocycles. The Bertz CT molecular complexity index is 912. The molecular formula is C22H24ClN3O3. The highest BCUT2D eigenvalue weighted by Gasteiger charge is 2.27. The van der Waals surface area contributed by atoms with Gasteiger partial charge in [0, 0.05) is 16.8 Å². The molecule has 0 spiro atoms. The summed E-state index contributed by atoms with van der Waals surface area (Å²) in [5.41, 5.74) is 2.08. The highest BCUT2D eigenvalue weighted by atomic mass is 35.5. The van der Waals surface area contributed by atoms with Gasteiger partial charge in [-0.2, -0.15) is 0 Å². The van der Waals surface area contributed by atoms with Gasteiger partial charge in [0.05, 0.1) is 12.2 Å². The Morgan fingerprint density at radius 1 is 1.14 bits per heavy atom. The van der Waals surface area contributed by atoms with E-state index in [2.05, 4.69) is 10.6 Å². The van der Waals surface area contributed by atoms with Gasteiger partial charge in [-0.05, 0) is 42.7 Å². The second-order valence-electron chi connectivity index (χ2n) is 7.48. The predicted molar refractivity (Wildman–Crippen MR) is 114 cm³/mol. The first-order valence-corrected chi connectivity index (χ1v) is 10.4. The van der Waals surface area contributed by atoms with Crippen LogP contribution < -0.4 is 20.3 Å². The van der Waals surface area contributed by atoms with Crippen molar-refractivity contribution in [2.75, 3.05) is 16.8 Å². The molecule has 152 valence electrons. The van der Waals surface area contributed by atoms with Crippen LogP contribution in [0.4, 0.5) is 16.2 Å². The number of amides is 3. The number of hydrogen-bond acceptors (Lipinski definition) is 3. The number of nitrogens with one attached hydrogen (secondary N) is 2. The number of urea groups is 1. The predicted octanol–water partition coefficient (Wildman–Crippen LogP) is 4.72. The Labute approximate surface area is 175 Å². The van der Waals surface area contributed by atoms with Gasteiger partial charge in [-0.3, -0.25) is 4.79 Å². The average molecular weight is 414 g/mol. The number of halogens is 1. The SMILES string of the molecule is O=C(Nc1ccc2c(c1)N(Cc1ccccc1Cl)C(=O)CO2)NC1CCCCC1. The summed E-state index contributed by atoms with van der Waals surface area (Å²) in [4.78, 5) is 26.5. The van der Waals surface area contributed by atoms with E-state index in [1.807, 2.05) is 18.2 Å². The molecule has 29 heavy (non-hydrogen) atoms. The second kappa shape index (κ2) is 8.74. The highest BCUT2D eigenvalue weighted by Crippen LogP contribution is 2.36. The zero-order valence-corrected chi connectivity index (χ0v) is 16.9. The number of anilines is 2. The molecule has 7 heteroatoms. The molecule has 1 aliphatic carbocycles. The van der Waals surface area contributed by atoms with Crippen molar-refractivity contribution in [3.05, 3.63) is 53.1 Å². The van der Waals surface area contributed by atoms with E-state index in [0.717, 1.165) is 31.2 Å². The van der Waals surface area contributed by atoms with Gasteiger partial charge in [0.25, 0.3) is 5.91 Å². The summed E-state index contributed by atoms with van der Waals surface area (Å²) in [7, 11) is 0. The fraction of sp³-hybridized carbons (Fsp3) is 0.364. The molecule has 1 saturated carbocycles. The maximum atomic E-state index is 12.5. The summed E-state index contributed by atoms with van der Waals surface area (Å²) in [5.74, 6) is 0.455. The maximum Gasteiger partial charge on any atom is 0.319 e. The van der Waals surface area contributed by atoms with Crippen LogP contribution >= 0.6 is 11.6 Å². The zero-order chi connectivity index (χ0) is 20.2. The van der Waals surface area contributed by atoms with Crippen LogP contribution in [0.25, 0.3) is 0 Å². The van der Waals surface area contributed by atoms with Gasteiger partial charge in [-0.1, -0.05) is 49.1 Å². The lowest BCUT2D eigenvalue weighted by molar-refractivity contribution is -0.121. The Balaban J connectivity index is 1.51. The van der Waals surface area contributed by atoms with Crippen molar-refractivity contribution in [1.82, 2.24) is 5.32 Å². The van der Waals surface area contributed by atoms with Crippen molar-refractivity contribution < 1.29 is 14.3 Å². The van der Waals surface area contributed by atoms with Gasteiger partial charge >= 0.3 is 6.03 Å². The van der Waals surface area contributed by atoms with Gasteiger partial charge in [0.1, 0.15) is 5.75 Å². The fourth-order valence-corrected chi connectivity index (χ4v) is 4.05. The van der Waals surface area contributed by atoms with Crippen molar-refractivity contribution in [2.45, 2.75) is 44.7 Å². The van der Waals surface area contributed by atoms with Crippen LogP contribution in [0.3, 0.4) is 0 Å². The lowest BCUT2D eigenvalue weighted by Crippen LogP contribution is -2.39. The van der Waals surface area contributed by atoms with Crippen LogP contribution in [-0.4, -0.2) is 24.6 Å². The van der Waals surface area contributed by atoms with E-state index in [1.165, 1.54) is 6.42 Å². The van der Waals surface area contributed by atoms with Gasteiger partial charge in [0.2, 0.25) is 0 Å². The van der Waals surface area contributed by atoms with Crippen molar-refractivity contribution in [3.63, 3.8) is 0 Å². The van der Waals surface area contributed by atoms with E-state index >= 15 is 0 Å². The molecule has 0 radical (unpaired) electrons. The van der Waals surface area contributed by atoms with Crippen LogP contribution in [0.15, 0.2) is 42.5 Å². The Morgan fingerprint density at radius 2 is 1.93 bits per heavy atom. The minimum Gasteiger partial charge on any atom is -0.482 e. The smallest absolute Gasteiger partial charge is 0.319 e. The molecule has 1 aliphatic heterocycles. The second-order valence-corrected chi connectivity index (χ2v) is 7.88. The Hall–Kier alpha value is -2.73. The third kappa shape index (κ3) is 4.65. The third-order valence-electron chi connectivity index (χ3n) is 5.39. The number of carbonyl (C=O) groups excluding carboxylic acids is 2. The first kappa shape index (κ1) is 19.6. The summed E-state index contributed by atoms with van der Waals surface area (Å²) in [5, 5.41) is 6.52.